The Kier molecular flexibility index (Phi) is 19.9. The second-order valence-electron chi connectivity index (χ2n) is 18.6. The molecule has 1 aliphatic carbocycles. The molecular weight excluding hydrogens is 1020 g/mol. The maximum Gasteiger partial charge on any atom is 1.15 e. The van der Waals surface area contributed by atoms with E-state index in [0.29, 0.717) is 69.3 Å². The average molecular weight is 1080 g/mol. The van der Waals surface area contributed by atoms with Crippen molar-refractivity contribution in [1.29, 1.82) is 5.26 Å². The van der Waals surface area contributed by atoms with Gasteiger partial charge >= 0.3 is 15.3 Å². The Morgan fingerprint density at radius 3 is 2.19 bits per heavy atom. The van der Waals surface area contributed by atoms with E-state index in [1.54, 1.807) is 24.3 Å². The number of nitrogens with one attached hydrogen (secondary N) is 6. The molecule has 3 aliphatic heterocycles. The van der Waals surface area contributed by atoms with E-state index in [-0.39, 0.29) is 73.5 Å². The Labute approximate surface area is 441 Å². The van der Waals surface area contributed by atoms with Gasteiger partial charge in [-0.2, -0.15) is 5.26 Å². The van der Waals surface area contributed by atoms with Crippen molar-refractivity contribution < 1.29 is 53.4 Å². The number of benzene rings is 2. The third kappa shape index (κ3) is 16.9. The molecular formula is C49H58AlF3N12O9S. The molecule has 4 unspecified atom stereocenters. The maximum absolute atomic E-state index is 14.0. The van der Waals surface area contributed by atoms with Crippen LogP contribution in [0.15, 0.2) is 66.9 Å². The zero-order valence-corrected chi connectivity index (χ0v) is 43.0. The molecule has 1 aromatic heterocycles. The molecule has 2 aromatic carbocycles. The standard InChI is InChI=1S/C49H60F2N12O9S.Al.FH/c50-49(51)24-36(25-52)63(31-49)42(66)27-56-47(72)38-14-15-54-45-37(38)2-1-3-39(45)59-41(65)13-12-40(64)53-16-17-55-46(71)34-8-4-32(5-9-34)26-57-48(73)58-35-10-6-33(7-11-35)28-60-18-20-61(29-43(67)68)22-23-62(21-19-60)30-44(69)70;;/h1-4,6-8,10-11,14-15,32,34,36H,5,9,12-13,16-24,26-31H2,(H,53,64)(H,55,71)(H,56,72)(H,59,65)(H,67,68)(H,69,70)(H2,57,58,73);;1H/q;+3;/p-3/t32?,34?,36-;;/m0../s1. The number of halogens is 3. The summed E-state index contributed by atoms with van der Waals surface area (Å²) in [6.07, 6.45) is 5.50. The molecule has 3 fully saturated rings. The Hall–Kier alpha value is -6.74. The highest BCUT2D eigenvalue weighted by Gasteiger charge is 2.47. The lowest BCUT2D eigenvalue weighted by Crippen LogP contribution is -2.43. The number of fused-ring (bicyclic) bond motifs is 4. The number of rotatable bonds is 16. The summed E-state index contributed by atoms with van der Waals surface area (Å²) in [5.41, 5.74) is 2.50. The highest BCUT2D eigenvalue weighted by Crippen LogP contribution is 2.32. The number of carbonyl (C=O) groups is 7. The van der Waals surface area contributed by atoms with E-state index in [0.717, 1.165) is 22.6 Å². The molecule has 7 rings (SSSR count). The second-order valence-corrected chi connectivity index (χ2v) is 20.0. The molecule has 0 radical (unpaired) electrons. The van der Waals surface area contributed by atoms with E-state index in [1.807, 2.05) is 46.2 Å². The molecule has 3 saturated heterocycles. The van der Waals surface area contributed by atoms with Gasteiger partial charge in [0.15, 0.2) is 5.11 Å². The number of nitrogens with zero attached hydrogens (tertiary/aromatic N) is 6. The fraction of sp³-hybridized carbons (Fsp3) is 0.469. The fourth-order valence-electron chi connectivity index (χ4n) is 9.01. The van der Waals surface area contributed by atoms with Crippen LogP contribution in [0.3, 0.4) is 0 Å². The number of amides is 5. The number of hydrogen-bond acceptors (Lipinski definition) is 15. The van der Waals surface area contributed by atoms with Gasteiger partial charge in [0.25, 0.3) is 23.8 Å². The first-order chi connectivity index (χ1) is 36.0. The third-order valence-electron chi connectivity index (χ3n) is 13.0. The topological polar surface area (TPSA) is 260 Å². The number of nitriles is 1. The molecule has 5 atom stereocenters. The largest absolute Gasteiger partial charge is 1.15 e. The molecule has 6 N–H and O–H groups in total. The predicted molar refractivity (Wildman–Crippen MR) is 272 cm³/mol. The molecule has 2 bridgehead atoms. The minimum Gasteiger partial charge on any atom is -0.558 e. The van der Waals surface area contributed by atoms with Gasteiger partial charge in [0.2, 0.25) is 23.6 Å². The van der Waals surface area contributed by atoms with Crippen LogP contribution >= 0.6 is 12.2 Å². The molecule has 3 aromatic rings. The first-order valence-electron chi connectivity index (χ1n) is 24.6. The lowest BCUT2D eigenvalue weighted by atomic mass is 9.88. The number of alkyl halides is 2. The summed E-state index contributed by atoms with van der Waals surface area (Å²) in [7, 11) is 0. The average Bonchev–Trinajstić information content (AvgIpc) is 3.74. The van der Waals surface area contributed by atoms with Gasteiger partial charge in [0.1, 0.15) is 6.04 Å². The summed E-state index contributed by atoms with van der Waals surface area (Å²) >= 11 is 1.70. The van der Waals surface area contributed by atoms with E-state index < -0.39 is 82.3 Å². The molecule has 75 heavy (non-hydrogen) atoms. The van der Waals surface area contributed by atoms with Gasteiger partial charge in [-0.15, -0.1) is 0 Å². The van der Waals surface area contributed by atoms with Crippen LogP contribution in [-0.4, -0.2) is 183 Å². The van der Waals surface area contributed by atoms with E-state index >= 15 is 0 Å². The Morgan fingerprint density at radius 2 is 1.51 bits per heavy atom. The SMILES string of the molecule is N#C[C@@H]1CC(F)(F)CN1C(=O)CNC(=O)c1ccnc2c(NC(=O)CCC(=O)NCCNC(=O)C3C=CC(CNC(=S)Nc4ccc(CN5CCN6CCN(CC5)CC(=O)[O][Al]([F])[O]C(=O)C6)cc4)CC3)cccc12. The van der Waals surface area contributed by atoms with Crippen LogP contribution in [0.4, 0.5) is 23.7 Å². The number of aromatic nitrogens is 1. The fourth-order valence-corrected chi connectivity index (χ4v) is 9.83. The number of thiocarbonyl (C=S) groups is 1. The Morgan fingerprint density at radius 1 is 0.827 bits per heavy atom. The van der Waals surface area contributed by atoms with Crippen molar-refractivity contribution in [2.75, 3.05) is 95.7 Å². The van der Waals surface area contributed by atoms with Gasteiger partial charge in [0, 0.05) is 102 Å². The zero-order valence-electron chi connectivity index (χ0n) is 41.0. The summed E-state index contributed by atoms with van der Waals surface area (Å²) in [5.74, 6) is -7.42. The summed E-state index contributed by atoms with van der Waals surface area (Å²) in [6, 6.07) is 14.4. The number of hydrogen-bond donors (Lipinski definition) is 6. The highest BCUT2D eigenvalue weighted by molar-refractivity contribution is 7.80. The minimum absolute atomic E-state index is 0.0780. The van der Waals surface area contributed by atoms with Crippen molar-refractivity contribution in [3.8, 4) is 6.07 Å². The van der Waals surface area contributed by atoms with Crippen LogP contribution in [0.2, 0.25) is 0 Å². The van der Waals surface area contributed by atoms with E-state index in [4.69, 9.17) is 19.8 Å². The maximum atomic E-state index is 14.0. The number of carbonyl (C=O) groups excluding carboxylic acids is 7. The number of anilines is 2. The van der Waals surface area contributed by atoms with Crippen LogP contribution in [0, 0.1) is 23.2 Å². The molecule has 0 spiro atoms. The van der Waals surface area contributed by atoms with E-state index in [9.17, 15) is 51.1 Å². The molecule has 5 amide bonds. The van der Waals surface area contributed by atoms with Gasteiger partial charge in [-0.3, -0.25) is 53.2 Å². The smallest absolute Gasteiger partial charge is 0.558 e. The van der Waals surface area contributed by atoms with Crippen molar-refractivity contribution in [3.63, 3.8) is 0 Å². The van der Waals surface area contributed by atoms with E-state index in [1.165, 1.54) is 12.3 Å². The van der Waals surface area contributed by atoms with Crippen molar-refractivity contribution in [1.82, 2.24) is 45.9 Å². The molecule has 398 valence electrons. The quantitative estimate of drug-likeness (QED) is 0.0517. The van der Waals surface area contributed by atoms with Crippen LogP contribution < -0.4 is 31.9 Å². The summed E-state index contributed by atoms with van der Waals surface area (Å²) < 4.78 is 51.1. The Bertz CT molecular complexity index is 2650. The van der Waals surface area contributed by atoms with Gasteiger partial charge in [-0.25, -0.2) is 8.78 Å². The van der Waals surface area contributed by atoms with Crippen molar-refractivity contribution >= 4 is 96.4 Å². The number of pyridine rings is 1. The monoisotopic (exact) mass is 1070 g/mol. The number of para-hydroxylation sites is 1. The van der Waals surface area contributed by atoms with Crippen LogP contribution in [-0.2, 0) is 42.9 Å². The third-order valence-corrected chi connectivity index (χ3v) is 14.2. The lowest BCUT2D eigenvalue weighted by molar-refractivity contribution is -0.142. The predicted octanol–water partition coefficient (Wildman–Crippen LogP) is 1.72. The van der Waals surface area contributed by atoms with Gasteiger partial charge < -0.3 is 47.9 Å². The lowest BCUT2D eigenvalue weighted by Gasteiger charge is -2.26. The second kappa shape index (κ2) is 26.7. The summed E-state index contributed by atoms with van der Waals surface area (Å²) in [6.45, 7) is 3.40. The highest BCUT2D eigenvalue weighted by atomic mass is 32.1. The van der Waals surface area contributed by atoms with Gasteiger partial charge in [-0.05, 0) is 60.8 Å². The first kappa shape index (κ1) is 56.0. The normalized spacial score (nSPS) is 21.9. The van der Waals surface area contributed by atoms with E-state index in [2.05, 4.69) is 41.8 Å². The van der Waals surface area contributed by atoms with Crippen molar-refractivity contribution in [3.05, 3.63) is 78.0 Å². The molecule has 0 saturated carbocycles. The van der Waals surface area contributed by atoms with Crippen LogP contribution in [0.25, 0.3) is 10.9 Å². The number of likely N-dealkylation sites (tertiary alicyclic amines) is 1. The zero-order chi connectivity index (χ0) is 53.5. The molecule has 4 heterocycles. The Balaban J connectivity index is 0.760. The van der Waals surface area contributed by atoms with Gasteiger partial charge in [0.05, 0.1) is 54.9 Å². The van der Waals surface area contributed by atoms with Crippen LogP contribution in [0.1, 0.15) is 48.0 Å². The summed E-state index contributed by atoms with van der Waals surface area (Å²) in [5, 5.41) is 27.1. The van der Waals surface area contributed by atoms with Crippen molar-refractivity contribution in [2.45, 2.75) is 50.6 Å². The first-order valence-corrected chi connectivity index (χ1v) is 26.4. The van der Waals surface area contributed by atoms with Crippen LogP contribution in [0.5, 0.6) is 0 Å². The molecule has 21 nitrogen and oxygen atoms in total. The molecule has 26 heteroatoms. The minimum atomic E-state index is -3.87. The van der Waals surface area contributed by atoms with Crippen molar-refractivity contribution in [2.24, 2.45) is 11.8 Å². The molecule has 4 aliphatic rings. The summed E-state index contributed by atoms with van der Waals surface area (Å²) in [4.78, 5) is 99.7. The van der Waals surface area contributed by atoms with Gasteiger partial charge in [-0.1, -0.05) is 36.4 Å².